The molecular weight excluding hydrogens is 236 g/mol. The molecule has 1 heterocycles. The van der Waals surface area contributed by atoms with Gasteiger partial charge >= 0.3 is 5.97 Å². The van der Waals surface area contributed by atoms with Crippen LogP contribution >= 0.6 is 0 Å². The van der Waals surface area contributed by atoms with Crippen LogP contribution in [0.15, 0.2) is 18.3 Å². The summed E-state index contributed by atoms with van der Waals surface area (Å²) in [6.07, 6.45) is 1.64. The minimum Gasteiger partial charge on any atom is -0.478 e. The predicted molar refractivity (Wildman–Crippen MR) is 65.5 cm³/mol. The Morgan fingerprint density at radius 3 is 2.89 bits per heavy atom. The molecule has 1 atom stereocenters. The van der Waals surface area contributed by atoms with Crippen LogP contribution in [-0.4, -0.2) is 35.7 Å². The average Bonchev–Trinajstić information content (AvgIpc) is 2.29. The Labute approximate surface area is 105 Å². The molecule has 1 aromatic heterocycles. The number of carbonyl (C=O) groups excluding carboxylic acids is 1. The number of carbonyl (C=O) groups is 2. The van der Waals surface area contributed by atoms with Gasteiger partial charge in [0.2, 0.25) is 5.91 Å². The molecule has 18 heavy (non-hydrogen) atoms. The topological polar surface area (TPSA) is 88.5 Å². The maximum absolute atomic E-state index is 11.6. The van der Waals surface area contributed by atoms with Crippen molar-refractivity contribution in [1.29, 1.82) is 0 Å². The molecule has 0 radical (unpaired) electrons. The summed E-state index contributed by atoms with van der Waals surface area (Å²) in [7, 11) is 1.58. The van der Waals surface area contributed by atoms with Gasteiger partial charge in [0.05, 0.1) is 5.56 Å². The third-order valence-electron chi connectivity index (χ3n) is 2.26. The summed E-state index contributed by atoms with van der Waals surface area (Å²) < 4.78 is 4.93. The number of methoxy groups -OCH3 is 1. The Morgan fingerprint density at radius 1 is 1.56 bits per heavy atom. The SMILES string of the molecule is COCC(C)CC(=O)Nc1cc(C(=O)O)ccn1. The molecule has 0 aromatic carbocycles. The number of hydrogen-bond acceptors (Lipinski definition) is 4. The first kappa shape index (κ1) is 14.1. The first-order valence-corrected chi connectivity index (χ1v) is 5.51. The zero-order chi connectivity index (χ0) is 13.5. The van der Waals surface area contributed by atoms with Crippen LogP contribution < -0.4 is 5.32 Å². The fourth-order valence-corrected chi connectivity index (χ4v) is 1.49. The molecule has 0 aliphatic rings. The molecule has 0 saturated heterocycles. The van der Waals surface area contributed by atoms with Gasteiger partial charge in [-0.2, -0.15) is 0 Å². The Bertz CT molecular complexity index is 434. The van der Waals surface area contributed by atoms with Gasteiger partial charge in [-0.05, 0) is 18.1 Å². The van der Waals surface area contributed by atoms with Crippen molar-refractivity contribution in [3.63, 3.8) is 0 Å². The highest BCUT2D eigenvalue weighted by molar-refractivity contribution is 5.92. The summed E-state index contributed by atoms with van der Waals surface area (Å²) in [4.78, 5) is 26.3. The van der Waals surface area contributed by atoms with Crippen LogP contribution in [0.5, 0.6) is 0 Å². The van der Waals surface area contributed by atoms with Crippen LogP contribution in [0.4, 0.5) is 5.82 Å². The lowest BCUT2D eigenvalue weighted by molar-refractivity contribution is -0.117. The zero-order valence-corrected chi connectivity index (χ0v) is 10.3. The number of nitrogens with one attached hydrogen (secondary N) is 1. The molecule has 1 aromatic rings. The van der Waals surface area contributed by atoms with E-state index in [0.29, 0.717) is 13.0 Å². The molecule has 1 amide bonds. The number of carboxylic acid groups (broad SMARTS) is 1. The van der Waals surface area contributed by atoms with Crippen LogP contribution in [0.3, 0.4) is 0 Å². The van der Waals surface area contributed by atoms with E-state index in [-0.39, 0.29) is 23.2 Å². The van der Waals surface area contributed by atoms with E-state index < -0.39 is 5.97 Å². The highest BCUT2D eigenvalue weighted by Crippen LogP contribution is 2.09. The van der Waals surface area contributed by atoms with Crippen molar-refractivity contribution in [2.75, 3.05) is 19.0 Å². The largest absolute Gasteiger partial charge is 0.478 e. The lowest BCUT2D eigenvalue weighted by Crippen LogP contribution is -2.18. The second-order valence-electron chi connectivity index (χ2n) is 4.05. The van der Waals surface area contributed by atoms with Gasteiger partial charge in [0.15, 0.2) is 0 Å². The van der Waals surface area contributed by atoms with E-state index in [2.05, 4.69) is 10.3 Å². The van der Waals surface area contributed by atoms with E-state index in [1.165, 1.54) is 18.3 Å². The second kappa shape index (κ2) is 6.70. The van der Waals surface area contributed by atoms with Gasteiger partial charge < -0.3 is 15.2 Å². The van der Waals surface area contributed by atoms with Crippen LogP contribution in [0.25, 0.3) is 0 Å². The summed E-state index contributed by atoms with van der Waals surface area (Å²) in [5, 5.41) is 11.4. The molecular formula is C12H16N2O4. The number of rotatable bonds is 6. The highest BCUT2D eigenvalue weighted by atomic mass is 16.5. The van der Waals surface area contributed by atoms with Crippen LogP contribution in [0.2, 0.25) is 0 Å². The number of anilines is 1. The smallest absolute Gasteiger partial charge is 0.335 e. The molecule has 2 N–H and O–H groups in total. The molecule has 0 spiro atoms. The van der Waals surface area contributed by atoms with Crippen LogP contribution in [0, 0.1) is 5.92 Å². The minimum absolute atomic E-state index is 0.0882. The Kier molecular flexibility index (Phi) is 5.26. The third-order valence-corrected chi connectivity index (χ3v) is 2.26. The highest BCUT2D eigenvalue weighted by Gasteiger charge is 2.11. The Hall–Kier alpha value is -1.95. The van der Waals surface area contributed by atoms with E-state index in [0.717, 1.165) is 0 Å². The Morgan fingerprint density at radius 2 is 2.28 bits per heavy atom. The standard InChI is InChI=1S/C12H16N2O4/c1-8(7-18-2)5-11(15)14-10-6-9(12(16)17)3-4-13-10/h3-4,6,8H,5,7H2,1-2H3,(H,16,17)(H,13,14,15). The Balaban J connectivity index is 2.59. The maximum atomic E-state index is 11.6. The molecule has 1 unspecified atom stereocenters. The number of hydrogen-bond donors (Lipinski definition) is 2. The summed E-state index contributed by atoms with van der Waals surface area (Å²) in [5.41, 5.74) is 0.0882. The molecule has 6 heteroatoms. The fraction of sp³-hybridized carbons (Fsp3) is 0.417. The number of nitrogens with zero attached hydrogens (tertiary/aromatic N) is 1. The molecule has 1 rings (SSSR count). The minimum atomic E-state index is -1.05. The van der Waals surface area contributed by atoms with Crippen molar-refractivity contribution in [1.82, 2.24) is 4.98 Å². The monoisotopic (exact) mass is 252 g/mol. The molecule has 0 fully saturated rings. The van der Waals surface area contributed by atoms with E-state index in [1.54, 1.807) is 7.11 Å². The van der Waals surface area contributed by atoms with Gasteiger partial charge in [0.25, 0.3) is 0 Å². The van der Waals surface area contributed by atoms with E-state index in [9.17, 15) is 9.59 Å². The number of pyridine rings is 1. The number of ether oxygens (including phenoxy) is 1. The quantitative estimate of drug-likeness (QED) is 0.798. The third kappa shape index (κ3) is 4.50. The van der Waals surface area contributed by atoms with Gasteiger partial charge in [-0.3, -0.25) is 4.79 Å². The zero-order valence-electron chi connectivity index (χ0n) is 10.3. The fourth-order valence-electron chi connectivity index (χ4n) is 1.49. The average molecular weight is 252 g/mol. The number of aromatic nitrogens is 1. The first-order chi connectivity index (χ1) is 8.52. The summed E-state index contributed by atoms with van der Waals surface area (Å²) in [6.45, 7) is 2.39. The summed E-state index contributed by atoms with van der Waals surface area (Å²) >= 11 is 0. The molecule has 98 valence electrons. The molecule has 0 aliphatic carbocycles. The van der Waals surface area contributed by atoms with Crippen LogP contribution in [-0.2, 0) is 9.53 Å². The predicted octanol–water partition coefficient (Wildman–Crippen LogP) is 1.39. The molecule has 0 saturated carbocycles. The van der Waals surface area contributed by atoms with Crippen molar-refractivity contribution < 1.29 is 19.4 Å². The lowest BCUT2D eigenvalue weighted by atomic mass is 10.1. The van der Waals surface area contributed by atoms with Gasteiger partial charge in [-0.25, -0.2) is 9.78 Å². The van der Waals surface area contributed by atoms with E-state index in [4.69, 9.17) is 9.84 Å². The molecule has 6 nitrogen and oxygen atoms in total. The second-order valence-corrected chi connectivity index (χ2v) is 4.05. The van der Waals surface area contributed by atoms with Crippen LogP contribution in [0.1, 0.15) is 23.7 Å². The normalized spacial score (nSPS) is 11.9. The molecule has 0 bridgehead atoms. The summed E-state index contributed by atoms with van der Waals surface area (Å²) in [6, 6.07) is 2.69. The summed E-state index contributed by atoms with van der Waals surface area (Å²) in [5.74, 6) is -0.933. The van der Waals surface area contributed by atoms with E-state index in [1.807, 2.05) is 6.92 Å². The van der Waals surface area contributed by atoms with Crippen molar-refractivity contribution in [3.05, 3.63) is 23.9 Å². The van der Waals surface area contributed by atoms with Gasteiger partial charge in [-0.15, -0.1) is 0 Å². The number of amides is 1. The van der Waals surface area contributed by atoms with E-state index >= 15 is 0 Å². The van der Waals surface area contributed by atoms with Gasteiger partial charge in [0, 0.05) is 26.3 Å². The van der Waals surface area contributed by atoms with Gasteiger partial charge in [-0.1, -0.05) is 6.92 Å². The first-order valence-electron chi connectivity index (χ1n) is 5.51. The van der Waals surface area contributed by atoms with Crippen molar-refractivity contribution in [3.8, 4) is 0 Å². The van der Waals surface area contributed by atoms with Crippen molar-refractivity contribution in [2.45, 2.75) is 13.3 Å². The molecule has 0 aliphatic heterocycles. The lowest BCUT2D eigenvalue weighted by Gasteiger charge is -2.10. The van der Waals surface area contributed by atoms with Crippen molar-refractivity contribution >= 4 is 17.7 Å². The maximum Gasteiger partial charge on any atom is 0.335 e. The van der Waals surface area contributed by atoms with Gasteiger partial charge in [0.1, 0.15) is 5.82 Å². The number of carboxylic acids is 1. The number of aromatic carboxylic acids is 1. The van der Waals surface area contributed by atoms with Crippen molar-refractivity contribution in [2.24, 2.45) is 5.92 Å².